The van der Waals surface area contributed by atoms with Crippen molar-refractivity contribution < 1.29 is 9.18 Å². The Morgan fingerprint density at radius 1 is 1.56 bits per heavy atom. The first-order chi connectivity index (χ1) is 8.61. The molecule has 0 N–H and O–H groups in total. The molecule has 18 heavy (non-hydrogen) atoms. The van der Waals surface area contributed by atoms with E-state index in [0.717, 1.165) is 18.9 Å². The standard InChI is InChI=1S/C13H12ClFN2O/c14-10-3-4-11(12(15)6-10)13(18)17-5-1-2-9(7-16)8-17/h3-4,6,9H,1-2,5,8H2. The van der Waals surface area contributed by atoms with Crippen LogP contribution in [-0.4, -0.2) is 23.9 Å². The molecule has 1 fully saturated rings. The highest BCUT2D eigenvalue weighted by atomic mass is 35.5. The van der Waals surface area contributed by atoms with Crippen molar-refractivity contribution in [2.75, 3.05) is 13.1 Å². The Balaban J connectivity index is 2.18. The lowest BCUT2D eigenvalue weighted by Crippen LogP contribution is -2.39. The second kappa shape index (κ2) is 5.36. The van der Waals surface area contributed by atoms with Crippen LogP contribution in [0.25, 0.3) is 0 Å². The van der Waals surface area contributed by atoms with Crippen molar-refractivity contribution in [1.82, 2.24) is 4.90 Å². The maximum Gasteiger partial charge on any atom is 0.256 e. The van der Waals surface area contributed by atoms with Crippen LogP contribution in [0.4, 0.5) is 4.39 Å². The summed E-state index contributed by atoms with van der Waals surface area (Å²) in [5, 5.41) is 9.13. The van der Waals surface area contributed by atoms with Crippen LogP contribution in [0.3, 0.4) is 0 Å². The van der Waals surface area contributed by atoms with E-state index in [2.05, 4.69) is 6.07 Å². The Morgan fingerprint density at radius 3 is 3.00 bits per heavy atom. The number of rotatable bonds is 1. The molecule has 1 saturated heterocycles. The van der Waals surface area contributed by atoms with Gasteiger partial charge in [-0.15, -0.1) is 0 Å². The first-order valence-corrected chi connectivity index (χ1v) is 6.13. The third kappa shape index (κ3) is 2.62. The fraction of sp³-hybridized carbons (Fsp3) is 0.385. The van der Waals surface area contributed by atoms with Crippen LogP contribution in [0.15, 0.2) is 18.2 Å². The van der Waals surface area contributed by atoms with Crippen LogP contribution in [0.5, 0.6) is 0 Å². The van der Waals surface area contributed by atoms with Gasteiger partial charge in [0.1, 0.15) is 5.82 Å². The third-order valence-electron chi connectivity index (χ3n) is 3.05. The molecule has 1 amide bonds. The maximum atomic E-state index is 13.6. The van der Waals surface area contributed by atoms with Gasteiger partial charge < -0.3 is 4.90 Å². The maximum absolute atomic E-state index is 13.6. The van der Waals surface area contributed by atoms with Crippen molar-refractivity contribution in [2.45, 2.75) is 12.8 Å². The van der Waals surface area contributed by atoms with E-state index in [1.54, 1.807) is 0 Å². The first kappa shape index (κ1) is 12.8. The molecule has 0 radical (unpaired) electrons. The zero-order valence-corrected chi connectivity index (χ0v) is 10.5. The van der Waals surface area contributed by atoms with Gasteiger partial charge in [-0.1, -0.05) is 11.6 Å². The highest BCUT2D eigenvalue weighted by Gasteiger charge is 2.25. The zero-order chi connectivity index (χ0) is 13.1. The number of halogens is 2. The zero-order valence-electron chi connectivity index (χ0n) is 9.70. The highest BCUT2D eigenvalue weighted by Crippen LogP contribution is 2.20. The predicted molar refractivity (Wildman–Crippen MR) is 65.7 cm³/mol. The van der Waals surface area contributed by atoms with Crippen molar-refractivity contribution in [2.24, 2.45) is 5.92 Å². The molecule has 5 heteroatoms. The highest BCUT2D eigenvalue weighted by molar-refractivity contribution is 6.30. The summed E-state index contributed by atoms with van der Waals surface area (Å²) >= 11 is 5.65. The number of hydrogen-bond acceptors (Lipinski definition) is 2. The average molecular weight is 267 g/mol. The lowest BCUT2D eigenvalue weighted by molar-refractivity contribution is 0.0694. The van der Waals surface area contributed by atoms with Gasteiger partial charge in [-0.05, 0) is 31.0 Å². The quantitative estimate of drug-likeness (QED) is 0.784. The SMILES string of the molecule is N#CC1CCCN(C(=O)c2ccc(Cl)cc2F)C1. The number of nitrogens with zero attached hydrogens (tertiary/aromatic N) is 2. The Hall–Kier alpha value is -1.60. The van der Waals surface area contributed by atoms with Crippen LogP contribution < -0.4 is 0 Å². The largest absolute Gasteiger partial charge is 0.337 e. The molecular weight excluding hydrogens is 255 g/mol. The minimum Gasteiger partial charge on any atom is -0.337 e. The van der Waals surface area contributed by atoms with Gasteiger partial charge in [0.2, 0.25) is 0 Å². The van der Waals surface area contributed by atoms with Crippen LogP contribution in [0.1, 0.15) is 23.2 Å². The Kier molecular flexibility index (Phi) is 3.83. The molecule has 1 heterocycles. The fourth-order valence-electron chi connectivity index (χ4n) is 2.10. The molecular formula is C13H12ClFN2O. The van der Waals surface area contributed by atoms with E-state index < -0.39 is 5.82 Å². The van der Waals surface area contributed by atoms with E-state index in [-0.39, 0.29) is 22.4 Å². The Bertz CT molecular complexity index is 512. The summed E-state index contributed by atoms with van der Waals surface area (Å²) < 4.78 is 13.6. The molecule has 0 aliphatic carbocycles. The second-order valence-corrected chi connectivity index (χ2v) is 4.78. The summed E-state index contributed by atoms with van der Waals surface area (Å²) in [7, 11) is 0. The van der Waals surface area contributed by atoms with Crippen LogP contribution >= 0.6 is 11.6 Å². The molecule has 1 aliphatic heterocycles. The Labute approximate surface area is 110 Å². The van der Waals surface area contributed by atoms with Crippen LogP contribution in [0, 0.1) is 23.1 Å². The molecule has 0 aromatic heterocycles. The molecule has 0 bridgehead atoms. The van der Waals surface area contributed by atoms with E-state index in [1.807, 2.05) is 0 Å². The predicted octanol–water partition coefficient (Wildman–Crippen LogP) is 2.85. The number of carbonyl (C=O) groups is 1. The van der Waals surface area contributed by atoms with Crippen molar-refractivity contribution in [3.8, 4) is 6.07 Å². The summed E-state index contributed by atoms with van der Waals surface area (Å²) in [6.45, 7) is 0.941. The topological polar surface area (TPSA) is 44.1 Å². The lowest BCUT2D eigenvalue weighted by Gasteiger charge is -2.29. The minimum atomic E-state index is -0.619. The van der Waals surface area contributed by atoms with E-state index in [9.17, 15) is 9.18 Å². The molecule has 3 nitrogen and oxygen atoms in total. The molecule has 1 aromatic carbocycles. The van der Waals surface area contributed by atoms with Gasteiger partial charge in [0.25, 0.3) is 5.91 Å². The molecule has 94 valence electrons. The van der Waals surface area contributed by atoms with Gasteiger partial charge >= 0.3 is 0 Å². The number of amides is 1. The van der Waals surface area contributed by atoms with Crippen molar-refractivity contribution in [1.29, 1.82) is 5.26 Å². The van der Waals surface area contributed by atoms with Gasteiger partial charge in [-0.3, -0.25) is 4.79 Å². The van der Waals surface area contributed by atoms with Gasteiger partial charge in [-0.25, -0.2) is 4.39 Å². The average Bonchev–Trinajstić information content (AvgIpc) is 2.38. The van der Waals surface area contributed by atoms with Gasteiger partial charge in [0.15, 0.2) is 0 Å². The monoisotopic (exact) mass is 266 g/mol. The molecule has 0 spiro atoms. The van der Waals surface area contributed by atoms with Crippen LogP contribution in [-0.2, 0) is 0 Å². The molecule has 1 unspecified atom stereocenters. The number of piperidine rings is 1. The third-order valence-corrected chi connectivity index (χ3v) is 3.29. The van der Waals surface area contributed by atoms with Gasteiger partial charge in [-0.2, -0.15) is 5.26 Å². The second-order valence-electron chi connectivity index (χ2n) is 4.34. The van der Waals surface area contributed by atoms with Crippen molar-refractivity contribution in [3.05, 3.63) is 34.6 Å². The Morgan fingerprint density at radius 2 is 2.33 bits per heavy atom. The van der Waals surface area contributed by atoms with Crippen molar-refractivity contribution >= 4 is 17.5 Å². The molecule has 2 rings (SSSR count). The van der Waals surface area contributed by atoms with Gasteiger partial charge in [0.05, 0.1) is 17.6 Å². The number of likely N-dealkylation sites (tertiary alicyclic amines) is 1. The number of benzene rings is 1. The lowest BCUT2D eigenvalue weighted by atomic mass is 9.99. The molecule has 0 saturated carbocycles. The summed E-state index contributed by atoms with van der Waals surface area (Å²) in [4.78, 5) is 13.7. The number of hydrogen-bond donors (Lipinski definition) is 0. The van der Waals surface area contributed by atoms with E-state index in [0.29, 0.717) is 13.1 Å². The minimum absolute atomic E-state index is 0.0120. The number of nitriles is 1. The first-order valence-electron chi connectivity index (χ1n) is 5.75. The van der Waals surface area contributed by atoms with E-state index in [4.69, 9.17) is 16.9 Å². The fourth-order valence-corrected chi connectivity index (χ4v) is 2.26. The normalized spacial score (nSPS) is 19.4. The van der Waals surface area contributed by atoms with Crippen LogP contribution in [0.2, 0.25) is 5.02 Å². The van der Waals surface area contributed by atoms with E-state index in [1.165, 1.54) is 17.0 Å². The molecule has 1 aliphatic rings. The number of carbonyl (C=O) groups excluding carboxylic acids is 1. The van der Waals surface area contributed by atoms with Crippen molar-refractivity contribution in [3.63, 3.8) is 0 Å². The smallest absolute Gasteiger partial charge is 0.256 e. The summed E-state index contributed by atoms with van der Waals surface area (Å²) in [5.41, 5.74) is 0.0120. The summed E-state index contributed by atoms with van der Waals surface area (Å²) in [6.07, 6.45) is 1.57. The summed E-state index contributed by atoms with van der Waals surface area (Å²) in [5.74, 6) is -1.14. The summed E-state index contributed by atoms with van der Waals surface area (Å²) in [6, 6.07) is 6.16. The van der Waals surface area contributed by atoms with E-state index >= 15 is 0 Å². The molecule has 1 atom stereocenters. The van der Waals surface area contributed by atoms with Gasteiger partial charge in [0, 0.05) is 18.1 Å². The molecule has 1 aromatic rings.